The van der Waals surface area contributed by atoms with Crippen LogP contribution in [0.25, 0.3) is 0 Å². The van der Waals surface area contributed by atoms with Gasteiger partial charge in [0.2, 0.25) is 5.91 Å². The van der Waals surface area contributed by atoms with Crippen LogP contribution in [0.4, 0.5) is 0 Å². The van der Waals surface area contributed by atoms with Gasteiger partial charge in [0.15, 0.2) is 0 Å². The van der Waals surface area contributed by atoms with Crippen LogP contribution in [-0.4, -0.2) is 48.4 Å². The topological polar surface area (TPSA) is 61.4 Å². The van der Waals surface area contributed by atoms with Crippen LogP contribution in [-0.2, 0) is 4.79 Å². The van der Waals surface area contributed by atoms with Gasteiger partial charge in [0.05, 0.1) is 0 Å². The molecule has 2 aliphatic rings. The Labute approximate surface area is 150 Å². The van der Waals surface area contributed by atoms with Crippen LogP contribution in [0.1, 0.15) is 48.5 Å². The number of carbonyl (C=O) groups excluding carboxylic acids is 2. The zero-order valence-corrected chi connectivity index (χ0v) is 15.3. The molecule has 2 saturated heterocycles. The zero-order valence-electron chi connectivity index (χ0n) is 15.3. The Bertz CT molecular complexity index is 623. The molecule has 0 bridgehead atoms. The van der Waals surface area contributed by atoms with Gasteiger partial charge in [-0.25, -0.2) is 0 Å². The molecule has 0 spiro atoms. The summed E-state index contributed by atoms with van der Waals surface area (Å²) >= 11 is 0. The number of amides is 2. The maximum absolute atomic E-state index is 12.7. The van der Waals surface area contributed by atoms with E-state index in [0.29, 0.717) is 11.9 Å². The zero-order chi connectivity index (χ0) is 17.8. The predicted molar refractivity (Wildman–Crippen MR) is 98.4 cm³/mol. The molecule has 2 heterocycles. The first-order valence-corrected chi connectivity index (χ1v) is 9.43. The molecule has 2 atom stereocenters. The molecule has 0 saturated carbocycles. The highest BCUT2D eigenvalue weighted by Gasteiger charge is 2.31. The normalized spacial score (nSPS) is 24.8. The second-order valence-corrected chi connectivity index (χ2v) is 7.46. The van der Waals surface area contributed by atoms with E-state index in [1.807, 2.05) is 36.1 Å². The van der Waals surface area contributed by atoms with Gasteiger partial charge in [0.25, 0.3) is 5.91 Å². The second-order valence-electron chi connectivity index (χ2n) is 7.46. The Kier molecular flexibility index (Phi) is 5.74. The van der Waals surface area contributed by atoms with Crippen LogP contribution >= 0.6 is 0 Å². The lowest BCUT2D eigenvalue weighted by molar-refractivity contribution is -0.137. The number of benzene rings is 1. The summed E-state index contributed by atoms with van der Waals surface area (Å²) in [6, 6.07) is 8.23. The van der Waals surface area contributed by atoms with Crippen LogP contribution in [0.2, 0.25) is 0 Å². The number of aryl methyl sites for hydroxylation is 1. The van der Waals surface area contributed by atoms with Gasteiger partial charge in [-0.05, 0) is 57.7 Å². The molecule has 0 unspecified atom stereocenters. The molecule has 2 amide bonds. The van der Waals surface area contributed by atoms with Crippen LogP contribution in [0.15, 0.2) is 24.3 Å². The average Bonchev–Trinajstić information content (AvgIpc) is 2.62. The van der Waals surface area contributed by atoms with Crippen LogP contribution < -0.4 is 10.6 Å². The maximum atomic E-state index is 12.7. The third-order valence-corrected chi connectivity index (χ3v) is 5.50. The van der Waals surface area contributed by atoms with Gasteiger partial charge in [-0.3, -0.25) is 9.59 Å². The number of piperidine rings is 2. The summed E-state index contributed by atoms with van der Waals surface area (Å²) in [4.78, 5) is 27.1. The molecule has 136 valence electrons. The third-order valence-electron chi connectivity index (χ3n) is 5.50. The number of hydrogen-bond acceptors (Lipinski definition) is 3. The van der Waals surface area contributed by atoms with Crippen LogP contribution in [0, 0.1) is 12.8 Å². The molecule has 3 rings (SSSR count). The highest BCUT2D eigenvalue weighted by Crippen LogP contribution is 2.21. The van der Waals surface area contributed by atoms with Gasteiger partial charge in [0, 0.05) is 36.7 Å². The van der Waals surface area contributed by atoms with Crippen molar-refractivity contribution in [3.63, 3.8) is 0 Å². The van der Waals surface area contributed by atoms with E-state index in [-0.39, 0.29) is 17.9 Å². The average molecular weight is 343 g/mol. The summed E-state index contributed by atoms with van der Waals surface area (Å²) in [6.45, 7) is 6.52. The van der Waals surface area contributed by atoms with Crippen molar-refractivity contribution in [2.24, 2.45) is 5.92 Å². The Morgan fingerprint density at radius 1 is 1.16 bits per heavy atom. The summed E-state index contributed by atoms with van der Waals surface area (Å²) in [5.74, 6) is 0.460. The molecular formula is C20H29N3O2. The van der Waals surface area contributed by atoms with Crippen molar-refractivity contribution in [1.29, 1.82) is 0 Å². The summed E-state index contributed by atoms with van der Waals surface area (Å²) in [5, 5.41) is 6.54. The highest BCUT2D eigenvalue weighted by molar-refractivity contribution is 5.95. The minimum Gasteiger partial charge on any atom is -0.349 e. The first kappa shape index (κ1) is 17.9. The summed E-state index contributed by atoms with van der Waals surface area (Å²) in [7, 11) is 0. The van der Waals surface area contributed by atoms with Crippen molar-refractivity contribution in [1.82, 2.24) is 15.5 Å². The molecule has 0 aliphatic carbocycles. The smallest absolute Gasteiger partial charge is 0.251 e. The Morgan fingerprint density at radius 3 is 2.56 bits per heavy atom. The van der Waals surface area contributed by atoms with E-state index in [4.69, 9.17) is 0 Å². The number of carbonyl (C=O) groups is 2. The summed E-state index contributed by atoms with van der Waals surface area (Å²) in [5.41, 5.74) is 1.73. The maximum Gasteiger partial charge on any atom is 0.251 e. The lowest BCUT2D eigenvalue weighted by atomic mass is 9.91. The molecule has 0 radical (unpaired) electrons. The van der Waals surface area contributed by atoms with Crippen molar-refractivity contribution in [2.75, 3.05) is 19.6 Å². The van der Waals surface area contributed by atoms with Gasteiger partial charge in [-0.1, -0.05) is 18.2 Å². The SMILES string of the molecule is Cc1ccccc1C(=O)NC1CCN(C(=O)[C@H]2CCN[C@@H](C)C2)CC1. The fraction of sp³-hybridized carbons (Fsp3) is 0.600. The molecule has 25 heavy (non-hydrogen) atoms. The second kappa shape index (κ2) is 8.00. The molecular weight excluding hydrogens is 314 g/mol. The molecule has 1 aromatic carbocycles. The summed E-state index contributed by atoms with van der Waals surface area (Å²) in [6.07, 6.45) is 3.55. The number of likely N-dealkylation sites (tertiary alicyclic amines) is 1. The van der Waals surface area contributed by atoms with E-state index >= 15 is 0 Å². The van der Waals surface area contributed by atoms with E-state index in [0.717, 1.165) is 56.4 Å². The monoisotopic (exact) mass is 343 g/mol. The number of nitrogens with zero attached hydrogens (tertiary/aromatic N) is 1. The number of hydrogen-bond donors (Lipinski definition) is 2. The molecule has 2 N–H and O–H groups in total. The molecule has 5 heteroatoms. The quantitative estimate of drug-likeness (QED) is 0.884. The van der Waals surface area contributed by atoms with E-state index in [9.17, 15) is 9.59 Å². The van der Waals surface area contributed by atoms with Gasteiger partial charge in [0.1, 0.15) is 0 Å². The molecule has 0 aromatic heterocycles. The van der Waals surface area contributed by atoms with Gasteiger partial charge >= 0.3 is 0 Å². The fourth-order valence-corrected chi connectivity index (χ4v) is 3.95. The lowest BCUT2D eigenvalue weighted by Crippen LogP contribution is -2.50. The largest absolute Gasteiger partial charge is 0.349 e. The van der Waals surface area contributed by atoms with Crippen LogP contribution in [0.5, 0.6) is 0 Å². The van der Waals surface area contributed by atoms with E-state index in [1.165, 1.54) is 0 Å². The third kappa shape index (κ3) is 4.40. The Hall–Kier alpha value is -1.88. The molecule has 2 fully saturated rings. The molecule has 1 aromatic rings. The Morgan fingerprint density at radius 2 is 1.88 bits per heavy atom. The highest BCUT2D eigenvalue weighted by atomic mass is 16.2. The van der Waals surface area contributed by atoms with Crippen molar-refractivity contribution < 1.29 is 9.59 Å². The number of rotatable bonds is 3. The minimum atomic E-state index is -0.00458. The van der Waals surface area contributed by atoms with E-state index in [2.05, 4.69) is 17.6 Å². The predicted octanol–water partition coefficient (Wildman–Crippen LogP) is 2.10. The van der Waals surface area contributed by atoms with Gasteiger partial charge in [-0.15, -0.1) is 0 Å². The van der Waals surface area contributed by atoms with Crippen molar-refractivity contribution >= 4 is 11.8 Å². The molecule has 2 aliphatic heterocycles. The first-order chi connectivity index (χ1) is 12.0. The van der Waals surface area contributed by atoms with E-state index in [1.54, 1.807) is 0 Å². The van der Waals surface area contributed by atoms with Crippen LogP contribution in [0.3, 0.4) is 0 Å². The van der Waals surface area contributed by atoms with Gasteiger partial charge < -0.3 is 15.5 Å². The van der Waals surface area contributed by atoms with Crippen molar-refractivity contribution in [2.45, 2.75) is 51.6 Å². The first-order valence-electron chi connectivity index (χ1n) is 9.43. The van der Waals surface area contributed by atoms with Gasteiger partial charge in [-0.2, -0.15) is 0 Å². The standard InChI is InChI=1S/C20H29N3O2/c1-14-5-3-4-6-18(14)19(24)22-17-8-11-23(12-9-17)20(25)16-7-10-21-15(2)13-16/h3-6,15-17,21H,7-13H2,1-2H3,(H,22,24)/t15-,16-/m0/s1. The fourth-order valence-electron chi connectivity index (χ4n) is 3.95. The minimum absolute atomic E-state index is 0.00458. The number of nitrogens with one attached hydrogen (secondary N) is 2. The Balaban J connectivity index is 1.49. The van der Waals surface area contributed by atoms with Crippen molar-refractivity contribution in [3.8, 4) is 0 Å². The van der Waals surface area contributed by atoms with Crippen molar-refractivity contribution in [3.05, 3.63) is 35.4 Å². The molecule has 5 nitrogen and oxygen atoms in total. The lowest BCUT2D eigenvalue weighted by Gasteiger charge is -2.36. The van der Waals surface area contributed by atoms with E-state index < -0.39 is 0 Å². The summed E-state index contributed by atoms with van der Waals surface area (Å²) < 4.78 is 0.